The fourth-order valence-electron chi connectivity index (χ4n) is 8.43. The van der Waals surface area contributed by atoms with Gasteiger partial charge in [0.25, 0.3) is 0 Å². The molecule has 0 bridgehead atoms. The lowest BCUT2D eigenvalue weighted by molar-refractivity contribution is -0.317. The van der Waals surface area contributed by atoms with Crippen LogP contribution in [0, 0.1) is 29.1 Å². The van der Waals surface area contributed by atoms with Crippen molar-refractivity contribution in [3.8, 4) is 0 Å². The van der Waals surface area contributed by atoms with E-state index in [1.54, 1.807) is 55.4 Å². The van der Waals surface area contributed by atoms with Crippen LogP contribution < -0.4 is 0 Å². The highest BCUT2D eigenvalue weighted by molar-refractivity contribution is 5.86. The lowest BCUT2D eigenvalue weighted by atomic mass is 9.73. The largest absolute Gasteiger partial charge is 0.459 e. The van der Waals surface area contributed by atoms with Gasteiger partial charge in [-0.25, -0.2) is 0 Å². The van der Waals surface area contributed by atoms with E-state index in [1.165, 1.54) is 14.0 Å². The van der Waals surface area contributed by atoms with Crippen molar-refractivity contribution < 1.29 is 58.7 Å². The topological polar surface area (TPSA) is 201 Å². The number of methoxy groups -OCH3 is 1. The lowest BCUT2D eigenvalue weighted by Crippen LogP contribution is -2.61. The van der Waals surface area contributed by atoms with Gasteiger partial charge in [0, 0.05) is 37.1 Å². The zero-order chi connectivity index (χ0) is 39.0. The van der Waals surface area contributed by atoms with Crippen molar-refractivity contribution in [3.05, 3.63) is 0 Å². The van der Waals surface area contributed by atoms with E-state index in [9.17, 15) is 30.3 Å². The molecule has 0 aromatic carbocycles. The maximum absolute atomic E-state index is 14.1. The zero-order valence-electron chi connectivity index (χ0n) is 33.0. The highest BCUT2D eigenvalue weighted by Crippen LogP contribution is 2.40. The second-order valence-corrected chi connectivity index (χ2v) is 16.5. The number of nitrogens with one attached hydrogen (secondary N) is 1. The minimum absolute atomic E-state index is 0.0107. The molecule has 14 heteroatoms. The maximum atomic E-state index is 14.1. The summed E-state index contributed by atoms with van der Waals surface area (Å²) in [5, 5.41) is 66.9. The standard InChI is InChI=1S/C37H68N2O12/c1-14-25-37(10,45)30(41)20(4)27(38)18(2)16-35(8,44)32(51-34-28(40)24(39(11)12)15-19(3)47-34)21(5)29(22(6)33(43)49-25)50-26-17-36(9,46-13)31(42)23(7)48-26/h18-26,28-32,34,38,40-42,44-45H,14-17H2,1-13H3/t18-,19-,20+,21+,22-,23+,24+,25?,26+,28-,29?,30-,31+,32-,34+,35-,36-,37-/m1/s1. The van der Waals surface area contributed by atoms with E-state index in [0.717, 1.165) is 0 Å². The molecule has 14 nitrogen and oxygen atoms in total. The fraction of sp³-hybridized carbons (Fsp3) is 0.946. The first kappa shape index (κ1) is 44.1. The molecular formula is C37H68N2O12. The molecule has 0 radical (unpaired) electrons. The van der Waals surface area contributed by atoms with Crippen molar-refractivity contribution in [2.24, 2.45) is 23.7 Å². The Kier molecular flexibility index (Phi) is 14.7. The van der Waals surface area contributed by atoms with Gasteiger partial charge in [0.1, 0.15) is 23.9 Å². The Morgan fingerprint density at radius 3 is 2.08 bits per heavy atom. The monoisotopic (exact) mass is 732 g/mol. The third kappa shape index (κ3) is 9.51. The number of aliphatic hydroxyl groups excluding tert-OH is 3. The van der Waals surface area contributed by atoms with Crippen molar-refractivity contribution in [2.45, 2.75) is 179 Å². The molecule has 3 saturated heterocycles. The Labute approximate surface area is 304 Å². The van der Waals surface area contributed by atoms with Crippen molar-refractivity contribution in [1.29, 1.82) is 5.41 Å². The number of hydrogen-bond donors (Lipinski definition) is 6. The highest BCUT2D eigenvalue weighted by Gasteiger charge is 2.53. The maximum Gasteiger partial charge on any atom is 0.311 e. The first-order chi connectivity index (χ1) is 23.4. The van der Waals surface area contributed by atoms with Gasteiger partial charge in [0.05, 0.1) is 47.6 Å². The van der Waals surface area contributed by atoms with Crippen molar-refractivity contribution in [2.75, 3.05) is 21.2 Å². The molecule has 0 aromatic heterocycles. The van der Waals surface area contributed by atoms with Crippen molar-refractivity contribution in [1.82, 2.24) is 4.90 Å². The predicted molar refractivity (Wildman–Crippen MR) is 189 cm³/mol. The third-order valence-corrected chi connectivity index (χ3v) is 11.9. The van der Waals surface area contributed by atoms with E-state index in [-0.39, 0.29) is 37.1 Å². The van der Waals surface area contributed by atoms with Gasteiger partial charge in [-0.2, -0.15) is 0 Å². The summed E-state index contributed by atoms with van der Waals surface area (Å²) in [7, 11) is 5.21. The number of carbonyl (C=O) groups is 1. The van der Waals surface area contributed by atoms with Crippen molar-refractivity contribution in [3.63, 3.8) is 0 Å². The molecule has 3 aliphatic rings. The number of carbonyl (C=O) groups excluding carboxylic acids is 1. The van der Waals surface area contributed by atoms with Crippen LogP contribution in [0.1, 0.15) is 94.9 Å². The van der Waals surface area contributed by atoms with Crippen LogP contribution in [0.5, 0.6) is 0 Å². The van der Waals surface area contributed by atoms with E-state index in [1.807, 2.05) is 25.9 Å². The number of ether oxygens (including phenoxy) is 6. The summed E-state index contributed by atoms with van der Waals surface area (Å²) in [6.45, 7) is 16.8. The molecule has 0 amide bonds. The Morgan fingerprint density at radius 1 is 0.922 bits per heavy atom. The third-order valence-electron chi connectivity index (χ3n) is 11.9. The molecule has 18 atom stereocenters. The summed E-state index contributed by atoms with van der Waals surface area (Å²) in [5.41, 5.74) is -4.58. The van der Waals surface area contributed by atoms with E-state index < -0.39 is 102 Å². The molecule has 3 rings (SSSR count). The second kappa shape index (κ2) is 17.0. The van der Waals surface area contributed by atoms with E-state index in [0.29, 0.717) is 6.42 Å². The molecule has 298 valence electrons. The van der Waals surface area contributed by atoms with Gasteiger partial charge in [-0.3, -0.25) is 4.79 Å². The van der Waals surface area contributed by atoms with E-state index in [4.69, 9.17) is 33.8 Å². The summed E-state index contributed by atoms with van der Waals surface area (Å²) in [4.78, 5) is 16.0. The molecule has 0 aromatic rings. The summed E-state index contributed by atoms with van der Waals surface area (Å²) in [5.74, 6) is -4.02. The molecule has 3 fully saturated rings. The fourth-order valence-corrected chi connectivity index (χ4v) is 8.43. The normalized spacial score (nSPS) is 49.7. The van der Waals surface area contributed by atoms with Crippen LogP contribution in [-0.4, -0.2) is 148 Å². The Bertz CT molecular complexity index is 1170. The molecule has 0 spiro atoms. The average molecular weight is 733 g/mol. The molecule has 6 N–H and O–H groups in total. The van der Waals surface area contributed by atoms with Crippen LogP contribution >= 0.6 is 0 Å². The first-order valence-corrected chi connectivity index (χ1v) is 18.5. The number of rotatable bonds is 7. The van der Waals surface area contributed by atoms with Crippen molar-refractivity contribution >= 4 is 11.7 Å². The molecule has 51 heavy (non-hydrogen) atoms. The van der Waals surface area contributed by atoms with Gasteiger partial charge in [-0.05, 0) is 80.8 Å². The minimum Gasteiger partial charge on any atom is -0.459 e. The number of nitrogens with zero attached hydrogens (tertiary/aromatic N) is 1. The van der Waals surface area contributed by atoms with Crippen LogP contribution in [-0.2, 0) is 33.2 Å². The quantitative estimate of drug-likeness (QED) is 0.209. The van der Waals surface area contributed by atoms with Crippen LogP contribution in [0.2, 0.25) is 0 Å². The minimum atomic E-state index is -1.91. The predicted octanol–water partition coefficient (Wildman–Crippen LogP) is 2.24. The zero-order valence-corrected chi connectivity index (χ0v) is 33.0. The number of cyclic esters (lactones) is 1. The van der Waals surface area contributed by atoms with Gasteiger partial charge >= 0.3 is 5.97 Å². The molecule has 3 aliphatic heterocycles. The number of hydrogen-bond acceptors (Lipinski definition) is 14. The Morgan fingerprint density at radius 2 is 1.53 bits per heavy atom. The van der Waals surface area contributed by atoms with E-state index in [2.05, 4.69) is 0 Å². The van der Waals surface area contributed by atoms with Crippen LogP contribution in [0.3, 0.4) is 0 Å². The van der Waals surface area contributed by atoms with Gasteiger partial charge in [0.15, 0.2) is 12.6 Å². The summed E-state index contributed by atoms with van der Waals surface area (Å²) in [6, 6.07) is -0.304. The van der Waals surface area contributed by atoms with Crippen LogP contribution in [0.25, 0.3) is 0 Å². The first-order valence-electron chi connectivity index (χ1n) is 18.5. The highest BCUT2D eigenvalue weighted by atomic mass is 16.7. The van der Waals surface area contributed by atoms with Gasteiger partial charge < -0.3 is 64.3 Å². The van der Waals surface area contributed by atoms with Crippen LogP contribution in [0.15, 0.2) is 0 Å². The number of aliphatic hydroxyl groups is 5. The molecular weight excluding hydrogens is 664 g/mol. The molecule has 2 unspecified atom stereocenters. The summed E-state index contributed by atoms with van der Waals surface area (Å²) in [6.07, 6.45) is -9.12. The molecule has 0 aliphatic carbocycles. The summed E-state index contributed by atoms with van der Waals surface area (Å²) >= 11 is 0. The Hall–Kier alpha value is -1.30. The van der Waals surface area contributed by atoms with Gasteiger partial charge in [-0.15, -0.1) is 0 Å². The van der Waals surface area contributed by atoms with E-state index >= 15 is 0 Å². The smallest absolute Gasteiger partial charge is 0.311 e. The number of esters is 1. The average Bonchev–Trinajstić information content (AvgIpc) is 3.05. The van der Waals surface area contributed by atoms with Crippen LogP contribution in [0.4, 0.5) is 0 Å². The van der Waals surface area contributed by atoms with Gasteiger partial charge in [-0.1, -0.05) is 27.7 Å². The summed E-state index contributed by atoms with van der Waals surface area (Å²) < 4.78 is 37.2. The number of likely N-dealkylation sites (N-methyl/N-ethyl adjacent to an activating group) is 1. The SMILES string of the molecule is CCC1OC(=O)[C@H](C)C(O[C@H]2C[C@@](C)(OC)[C@@H](O)[C@H](C)O2)[C@H](C)[C@@H](O[C@@H]2O[C@H](C)C[C@H](N(C)C)[C@H]2O)[C@](C)(O)C[C@@H](C)C(=N)[C@H](C)[C@@H](O)[C@]1(C)O. The second-order valence-electron chi connectivity index (χ2n) is 16.5. The lowest BCUT2D eigenvalue weighted by Gasteiger charge is -2.49. The molecule has 3 heterocycles. The molecule has 0 saturated carbocycles. The Balaban J connectivity index is 2.18. The van der Waals surface area contributed by atoms with Gasteiger partial charge in [0.2, 0.25) is 0 Å².